The number of hydrogen-bond acceptors (Lipinski definition) is 8. The fourth-order valence-electron chi connectivity index (χ4n) is 3.07. The molecule has 0 aromatic carbocycles. The molecule has 27 heavy (non-hydrogen) atoms. The molecule has 2 unspecified atom stereocenters. The van der Waals surface area contributed by atoms with Crippen molar-refractivity contribution in [1.82, 2.24) is 19.5 Å². The van der Waals surface area contributed by atoms with Crippen molar-refractivity contribution in [2.24, 2.45) is 0 Å². The molecule has 1 fully saturated rings. The summed E-state index contributed by atoms with van der Waals surface area (Å²) in [6.07, 6.45) is 2.45. The van der Waals surface area contributed by atoms with Crippen LogP contribution in [0.5, 0.6) is 0 Å². The standard InChI is InChI=1S/C18H25N5O4/c1-2-3-4-5-6-7-8-12-21-16(19)13-17(22-12)23(10-20-13)18-15(26)14(25)11(9-24)27-18/h10-11,14-15,18,24-26H,2-6,9H2,1H3,(H2,19,21,22)/t11-,14?,15?,18-/m1/s1. The normalized spacial score (nSPS) is 24.9. The number of aliphatic hydroxyl groups excluding tert-OH is 3. The number of aromatic nitrogens is 4. The zero-order valence-corrected chi connectivity index (χ0v) is 15.2. The van der Waals surface area contributed by atoms with Crippen LogP contribution in [0.25, 0.3) is 11.2 Å². The second-order valence-electron chi connectivity index (χ2n) is 6.60. The van der Waals surface area contributed by atoms with E-state index < -0.39 is 31.1 Å². The molecule has 0 bridgehead atoms. The number of unbranched alkanes of at least 4 members (excludes halogenated alkanes) is 4. The smallest absolute Gasteiger partial charge is 0.208 e. The molecule has 0 spiro atoms. The molecule has 9 nitrogen and oxygen atoms in total. The number of hydrogen-bond donors (Lipinski definition) is 4. The highest BCUT2D eigenvalue weighted by molar-refractivity contribution is 5.82. The largest absolute Gasteiger partial charge is 0.394 e. The number of ether oxygens (including phenoxy) is 1. The Morgan fingerprint density at radius 2 is 2.04 bits per heavy atom. The Morgan fingerprint density at radius 1 is 1.22 bits per heavy atom. The third kappa shape index (κ3) is 4.04. The molecular weight excluding hydrogens is 350 g/mol. The van der Waals surface area contributed by atoms with Gasteiger partial charge in [-0.2, -0.15) is 0 Å². The quantitative estimate of drug-likeness (QED) is 0.419. The average molecular weight is 375 g/mol. The minimum absolute atomic E-state index is 0.181. The minimum atomic E-state index is -1.23. The first-order valence-electron chi connectivity index (χ1n) is 9.18. The molecule has 0 aliphatic carbocycles. The van der Waals surface area contributed by atoms with Crippen LogP contribution in [-0.2, 0) is 4.74 Å². The van der Waals surface area contributed by atoms with Crippen LogP contribution in [-0.4, -0.2) is 59.8 Å². The van der Waals surface area contributed by atoms with Crippen molar-refractivity contribution < 1.29 is 20.1 Å². The molecule has 0 saturated carbocycles. The van der Waals surface area contributed by atoms with Gasteiger partial charge in [0.05, 0.1) is 12.9 Å². The summed E-state index contributed by atoms with van der Waals surface area (Å²) in [6.45, 7) is 1.75. The number of nitrogens with two attached hydrogens (primary N) is 1. The zero-order valence-electron chi connectivity index (χ0n) is 15.2. The third-order valence-corrected chi connectivity index (χ3v) is 4.60. The number of rotatable bonds is 6. The maximum Gasteiger partial charge on any atom is 0.208 e. The van der Waals surface area contributed by atoms with Crippen molar-refractivity contribution in [3.8, 4) is 11.8 Å². The van der Waals surface area contributed by atoms with Gasteiger partial charge >= 0.3 is 0 Å². The molecule has 0 radical (unpaired) electrons. The van der Waals surface area contributed by atoms with Gasteiger partial charge in [-0.25, -0.2) is 15.0 Å². The lowest BCUT2D eigenvalue weighted by atomic mass is 10.1. The van der Waals surface area contributed by atoms with E-state index in [2.05, 4.69) is 33.7 Å². The zero-order chi connectivity index (χ0) is 19.4. The fraction of sp³-hybridized carbons (Fsp3) is 0.611. The predicted molar refractivity (Wildman–Crippen MR) is 98.4 cm³/mol. The first-order chi connectivity index (χ1) is 13.1. The third-order valence-electron chi connectivity index (χ3n) is 4.60. The molecule has 3 heterocycles. The molecule has 4 atom stereocenters. The first kappa shape index (κ1) is 19.5. The lowest BCUT2D eigenvalue weighted by Gasteiger charge is -2.16. The number of imidazole rings is 1. The summed E-state index contributed by atoms with van der Waals surface area (Å²) in [6, 6.07) is 0. The van der Waals surface area contributed by atoms with Crippen molar-refractivity contribution >= 4 is 17.0 Å². The number of nitrogens with zero attached hydrogens (tertiary/aromatic N) is 4. The maximum absolute atomic E-state index is 10.2. The van der Waals surface area contributed by atoms with Gasteiger partial charge in [0.1, 0.15) is 23.8 Å². The molecule has 1 saturated heterocycles. The van der Waals surface area contributed by atoms with E-state index in [0.29, 0.717) is 11.2 Å². The van der Waals surface area contributed by atoms with Gasteiger partial charge in [0.2, 0.25) is 5.82 Å². The summed E-state index contributed by atoms with van der Waals surface area (Å²) in [5.41, 5.74) is 6.68. The Bertz CT molecular complexity index is 843. The van der Waals surface area contributed by atoms with Crippen LogP contribution >= 0.6 is 0 Å². The van der Waals surface area contributed by atoms with Gasteiger partial charge in [0.25, 0.3) is 0 Å². The van der Waals surface area contributed by atoms with E-state index in [-0.39, 0.29) is 11.6 Å². The Kier molecular flexibility index (Phi) is 6.23. The van der Waals surface area contributed by atoms with E-state index in [1.54, 1.807) is 0 Å². The highest BCUT2D eigenvalue weighted by Gasteiger charge is 2.44. The van der Waals surface area contributed by atoms with Crippen LogP contribution in [0.3, 0.4) is 0 Å². The van der Waals surface area contributed by atoms with E-state index in [4.69, 9.17) is 10.5 Å². The molecule has 2 aromatic rings. The first-order valence-corrected chi connectivity index (χ1v) is 9.18. The van der Waals surface area contributed by atoms with E-state index in [1.807, 2.05) is 0 Å². The topological polar surface area (TPSA) is 140 Å². The summed E-state index contributed by atoms with van der Waals surface area (Å²) in [7, 11) is 0. The Labute approximate surface area is 157 Å². The number of anilines is 1. The van der Waals surface area contributed by atoms with Gasteiger partial charge in [0, 0.05) is 6.42 Å². The SMILES string of the molecule is CCCCCCC#Cc1nc(N)c2ncn([C@@H]3O[C@H](CO)C(O)C3O)c2n1. The van der Waals surface area contributed by atoms with Gasteiger partial charge in [0.15, 0.2) is 17.7 Å². The van der Waals surface area contributed by atoms with Crippen LogP contribution in [0.15, 0.2) is 6.33 Å². The van der Waals surface area contributed by atoms with Gasteiger partial charge in [-0.1, -0.05) is 32.1 Å². The van der Waals surface area contributed by atoms with Crippen LogP contribution in [0.2, 0.25) is 0 Å². The summed E-state index contributed by atoms with van der Waals surface area (Å²) >= 11 is 0. The molecular formula is C18H25N5O4. The Hall–Kier alpha value is -2.25. The molecule has 1 aliphatic rings. The Balaban J connectivity index is 1.84. The van der Waals surface area contributed by atoms with E-state index in [9.17, 15) is 15.3 Å². The fourth-order valence-corrected chi connectivity index (χ4v) is 3.07. The highest BCUT2D eigenvalue weighted by atomic mass is 16.6. The van der Waals surface area contributed by atoms with Crippen molar-refractivity contribution in [3.05, 3.63) is 12.2 Å². The number of nitrogen functional groups attached to an aromatic ring is 1. The molecule has 5 N–H and O–H groups in total. The Morgan fingerprint density at radius 3 is 2.74 bits per heavy atom. The second kappa shape index (κ2) is 8.63. The van der Waals surface area contributed by atoms with Gasteiger partial charge in [-0.3, -0.25) is 4.57 Å². The van der Waals surface area contributed by atoms with Crippen LogP contribution in [0.1, 0.15) is 51.1 Å². The van der Waals surface area contributed by atoms with E-state index in [0.717, 1.165) is 19.3 Å². The monoisotopic (exact) mass is 375 g/mol. The van der Waals surface area contributed by atoms with Crippen LogP contribution < -0.4 is 5.73 Å². The molecule has 146 valence electrons. The van der Waals surface area contributed by atoms with Crippen molar-refractivity contribution in [3.63, 3.8) is 0 Å². The van der Waals surface area contributed by atoms with E-state index in [1.165, 1.54) is 23.7 Å². The molecule has 3 rings (SSSR count). The average Bonchev–Trinajstić information content (AvgIpc) is 3.20. The van der Waals surface area contributed by atoms with E-state index >= 15 is 0 Å². The van der Waals surface area contributed by atoms with Crippen LogP contribution in [0.4, 0.5) is 5.82 Å². The second-order valence-corrected chi connectivity index (χ2v) is 6.60. The lowest BCUT2D eigenvalue weighted by Crippen LogP contribution is -2.33. The molecule has 1 aliphatic heterocycles. The predicted octanol–water partition coefficient (Wildman–Crippen LogP) is 0.342. The summed E-state index contributed by atoms with van der Waals surface area (Å²) in [5, 5.41) is 29.5. The summed E-state index contributed by atoms with van der Waals surface area (Å²) < 4.78 is 7.01. The summed E-state index contributed by atoms with van der Waals surface area (Å²) in [5.74, 6) is 6.42. The van der Waals surface area contributed by atoms with Crippen molar-refractivity contribution in [2.75, 3.05) is 12.3 Å². The highest BCUT2D eigenvalue weighted by Crippen LogP contribution is 2.31. The van der Waals surface area contributed by atoms with Gasteiger partial charge < -0.3 is 25.8 Å². The van der Waals surface area contributed by atoms with Gasteiger partial charge in [-0.15, -0.1) is 0 Å². The molecule has 0 amide bonds. The number of fused-ring (bicyclic) bond motifs is 1. The van der Waals surface area contributed by atoms with Gasteiger partial charge in [-0.05, 0) is 12.3 Å². The molecule has 9 heteroatoms. The summed E-state index contributed by atoms with van der Waals surface area (Å²) in [4.78, 5) is 12.7. The van der Waals surface area contributed by atoms with Crippen LogP contribution in [0, 0.1) is 11.8 Å². The molecule has 2 aromatic heterocycles. The maximum atomic E-state index is 10.2. The minimum Gasteiger partial charge on any atom is -0.394 e. The lowest BCUT2D eigenvalue weighted by molar-refractivity contribution is -0.0511. The van der Waals surface area contributed by atoms with Crippen molar-refractivity contribution in [2.45, 2.75) is 63.6 Å². The van der Waals surface area contributed by atoms with Crippen molar-refractivity contribution in [1.29, 1.82) is 0 Å². The number of aliphatic hydroxyl groups is 3.